The van der Waals surface area contributed by atoms with Crippen LogP contribution in [0.2, 0.25) is 0 Å². The van der Waals surface area contributed by atoms with Crippen molar-refractivity contribution in [3.8, 4) is 5.75 Å². The van der Waals surface area contributed by atoms with Crippen molar-refractivity contribution >= 4 is 33.4 Å². The summed E-state index contributed by atoms with van der Waals surface area (Å²) in [4.78, 5) is 24.5. The average molecular weight is 447 g/mol. The first-order valence-corrected chi connectivity index (χ1v) is 9.99. The van der Waals surface area contributed by atoms with Gasteiger partial charge >= 0.3 is 0 Å². The third kappa shape index (κ3) is 5.81. The maximum absolute atomic E-state index is 12.3. The van der Waals surface area contributed by atoms with Gasteiger partial charge in [0.2, 0.25) is 0 Å². The number of carbonyl (C=O) groups is 2. The van der Waals surface area contributed by atoms with E-state index in [-0.39, 0.29) is 24.5 Å². The molecule has 2 aromatic carbocycles. The van der Waals surface area contributed by atoms with E-state index in [0.717, 1.165) is 29.5 Å². The number of hydrogen-bond donors (Lipinski definition) is 2. The molecule has 2 amide bonds. The number of aryl methyl sites for hydroxylation is 1. The van der Waals surface area contributed by atoms with Crippen LogP contribution in [0.5, 0.6) is 5.75 Å². The van der Waals surface area contributed by atoms with Gasteiger partial charge in [-0.05, 0) is 71.6 Å². The molecule has 0 saturated carbocycles. The second-order valence-electron chi connectivity index (χ2n) is 6.70. The molecule has 28 heavy (non-hydrogen) atoms. The molecule has 2 aromatic rings. The van der Waals surface area contributed by atoms with Crippen LogP contribution in [0.15, 0.2) is 46.9 Å². The molecule has 1 aliphatic rings. The molecule has 148 valence electrons. The topological polar surface area (TPSA) is 76.7 Å². The van der Waals surface area contributed by atoms with Crippen LogP contribution in [0.4, 0.5) is 5.69 Å². The van der Waals surface area contributed by atoms with Crippen LogP contribution in [0, 0.1) is 6.92 Å². The van der Waals surface area contributed by atoms with E-state index >= 15 is 0 Å². The van der Waals surface area contributed by atoms with Crippen molar-refractivity contribution in [2.75, 3.05) is 25.1 Å². The van der Waals surface area contributed by atoms with Gasteiger partial charge in [-0.3, -0.25) is 9.59 Å². The summed E-state index contributed by atoms with van der Waals surface area (Å²) in [5.74, 6) is 0.110. The monoisotopic (exact) mass is 446 g/mol. The number of rotatable bonds is 7. The number of amides is 2. The van der Waals surface area contributed by atoms with E-state index in [1.807, 2.05) is 25.1 Å². The highest BCUT2D eigenvalue weighted by atomic mass is 79.9. The predicted molar refractivity (Wildman–Crippen MR) is 111 cm³/mol. The van der Waals surface area contributed by atoms with Gasteiger partial charge in [-0.2, -0.15) is 0 Å². The van der Waals surface area contributed by atoms with Gasteiger partial charge in [0.05, 0.1) is 10.6 Å². The zero-order chi connectivity index (χ0) is 19.9. The highest BCUT2D eigenvalue weighted by Crippen LogP contribution is 2.25. The van der Waals surface area contributed by atoms with Crippen molar-refractivity contribution in [1.82, 2.24) is 5.32 Å². The summed E-state index contributed by atoms with van der Waals surface area (Å²) in [6, 6.07) is 12.5. The normalized spacial score (nSPS) is 15.9. The van der Waals surface area contributed by atoms with Crippen LogP contribution in [-0.2, 0) is 9.53 Å². The summed E-state index contributed by atoms with van der Waals surface area (Å²) in [6.07, 6.45) is 2.08. The van der Waals surface area contributed by atoms with Crippen molar-refractivity contribution in [3.05, 3.63) is 58.1 Å². The van der Waals surface area contributed by atoms with Gasteiger partial charge in [-0.25, -0.2) is 0 Å². The molecule has 1 unspecified atom stereocenters. The molecule has 1 atom stereocenters. The molecule has 0 radical (unpaired) electrons. The molecule has 0 aliphatic carbocycles. The lowest BCUT2D eigenvalue weighted by Gasteiger charge is -2.12. The molecular formula is C21H23BrN2O4. The fourth-order valence-electron chi connectivity index (χ4n) is 2.92. The van der Waals surface area contributed by atoms with E-state index in [0.29, 0.717) is 23.5 Å². The van der Waals surface area contributed by atoms with Crippen molar-refractivity contribution in [2.24, 2.45) is 0 Å². The predicted octanol–water partition coefficient (Wildman–Crippen LogP) is 3.68. The van der Waals surface area contributed by atoms with Crippen LogP contribution in [0.3, 0.4) is 0 Å². The van der Waals surface area contributed by atoms with Gasteiger partial charge in [0, 0.05) is 24.4 Å². The van der Waals surface area contributed by atoms with Gasteiger partial charge in [-0.1, -0.05) is 12.1 Å². The zero-order valence-electron chi connectivity index (χ0n) is 15.7. The minimum absolute atomic E-state index is 0.0880. The van der Waals surface area contributed by atoms with Crippen molar-refractivity contribution < 1.29 is 19.1 Å². The Morgan fingerprint density at radius 2 is 2.11 bits per heavy atom. The summed E-state index contributed by atoms with van der Waals surface area (Å²) in [5.41, 5.74) is 2.12. The van der Waals surface area contributed by atoms with E-state index in [2.05, 4.69) is 26.6 Å². The zero-order valence-corrected chi connectivity index (χ0v) is 17.3. The number of benzene rings is 2. The summed E-state index contributed by atoms with van der Waals surface area (Å²) in [6.45, 7) is 3.10. The van der Waals surface area contributed by atoms with Gasteiger partial charge < -0.3 is 20.1 Å². The second kappa shape index (κ2) is 9.71. The van der Waals surface area contributed by atoms with Crippen molar-refractivity contribution in [3.63, 3.8) is 0 Å². The minimum atomic E-state index is -0.301. The third-order valence-electron chi connectivity index (χ3n) is 4.37. The Morgan fingerprint density at radius 1 is 1.25 bits per heavy atom. The molecule has 0 aromatic heterocycles. The molecule has 7 heteroatoms. The highest BCUT2D eigenvalue weighted by molar-refractivity contribution is 9.10. The Hall–Kier alpha value is -2.38. The van der Waals surface area contributed by atoms with E-state index in [4.69, 9.17) is 9.47 Å². The van der Waals surface area contributed by atoms with Crippen LogP contribution in [-0.4, -0.2) is 37.7 Å². The van der Waals surface area contributed by atoms with E-state index in [1.165, 1.54) is 0 Å². The SMILES string of the molecule is Cc1ccc(OCC(=O)Nc2cccc(C(=O)NCC3CCCO3)c2)c(Br)c1. The Kier molecular flexibility index (Phi) is 7.06. The molecule has 0 spiro atoms. The molecule has 3 rings (SSSR count). The third-order valence-corrected chi connectivity index (χ3v) is 4.99. The Bertz CT molecular complexity index is 850. The number of hydrogen-bond acceptors (Lipinski definition) is 4. The number of anilines is 1. The first-order chi connectivity index (χ1) is 13.5. The highest BCUT2D eigenvalue weighted by Gasteiger charge is 2.17. The van der Waals surface area contributed by atoms with Crippen LogP contribution in [0.25, 0.3) is 0 Å². The summed E-state index contributed by atoms with van der Waals surface area (Å²) in [7, 11) is 0. The van der Waals surface area contributed by atoms with Gasteiger partial charge in [0.15, 0.2) is 6.61 Å². The number of halogens is 1. The maximum atomic E-state index is 12.3. The number of nitrogens with one attached hydrogen (secondary N) is 2. The Balaban J connectivity index is 1.51. The standard InChI is InChI=1S/C21H23BrN2O4/c1-14-7-8-19(18(22)10-14)28-13-20(25)24-16-5-2-4-15(11-16)21(26)23-12-17-6-3-9-27-17/h2,4-5,7-8,10-11,17H,3,6,9,12-13H2,1H3,(H,23,26)(H,24,25). The first-order valence-electron chi connectivity index (χ1n) is 9.20. The first kappa shape index (κ1) is 20.4. The second-order valence-corrected chi connectivity index (χ2v) is 7.55. The van der Waals surface area contributed by atoms with Gasteiger partial charge in [0.1, 0.15) is 5.75 Å². The fraction of sp³-hybridized carbons (Fsp3) is 0.333. The molecule has 1 aliphatic heterocycles. The van der Waals surface area contributed by atoms with Gasteiger partial charge in [-0.15, -0.1) is 0 Å². The lowest BCUT2D eigenvalue weighted by atomic mass is 10.1. The molecular weight excluding hydrogens is 424 g/mol. The Labute approximate surface area is 172 Å². The summed E-state index contributed by atoms with van der Waals surface area (Å²) >= 11 is 3.42. The van der Waals surface area contributed by atoms with E-state index in [9.17, 15) is 9.59 Å². The Morgan fingerprint density at radius 3 is 2.86 bits per heavy atom. The van der Waals surface area contributed by atoms with Crippen LogP contribution >= 0.6 is 15.9 Å². The molecule has 1 heterocycles. The molecule has 0 bridgehead atoms. The summed E-state index contributed by atoms with van der Waals surface area (Å²) < 4.78 is 11.8. The minimum Gasteiger partial charge on any atom is -0.483 e. The number of carbonyl (C=O) groups excluding carboxylic acids is 2. The fourth-order valence-corrected chi connectivity index (χ4v) is 3.52. The molecule has 2 N–H and O–H groups in total. The van der Waals surface area contributed by atoms with E-state index < -0.39 is 0 Å². The van der Waals surface area contributed by atoms with Crippen molar-refractivity contribution in [1.29, 1.82) is 0 Å². The molecule has 6 nitrogen and oxygen atoms in total. The van der Waals surface area contributed by atoms with Crippen LogP contribution in [0.1, 0.15) is 28.8 Å². The lowest BCUT2D eigenvalue weighted by Crippen LogP contribution is -2.31. The van der Waals surface area contributed by atoms with E-state index in [1.54, 1.807) is 24.3 Å². The molecule has 1 fully saturated rings. The molecule has 1 saturated heterocycles. The van der Waals surface area contributed by atoms with Crippen molar-refractivity contribution in [2.45, 2.75) is 25.9 Å². The smallest absolute Gasteiger partial charge is 0.262 e. The maximum Gasteiger partial charge on any atom is 0.262 e. The average Bonchev–Trinajstić information content (AvgIpc) is 3.19. The van der Waals surface area contributed by atoms with Gasteiger partial charge in [0.25, 0.3) is 11.8 Å². The van der Waals surface area contributed by atoms with Crippen LogP contribution < -0.4 is 15.4 Å². The quantitative estimate of drug-likeness (QED) is 0.679. The number of ether oxygens (including phenoxy) is 2. The largest absolute Gasteiger partial charge is 0.483 e. The lowest BCUT2D eigenvalue weighted by molar-refractivity contribution is -0.118. The summed E-state index contributed by atoms with van der Waals surface area (Å²) in [5, 5.41) is 5.62.